The lowest BCUT2D eigenvalue weighted by atomic mass is 10.1. The summed E-state index contributed by atoms with van der Waals surface area (Å²) in [5, 5.41) is 2.94. The molecule has 1 atom stereocenters. The summed E-state index contributed by atoms with van der Waals surface area (Å²) in [7, 11) is 0. The van der Waals surface area contributed by atoms with Crippen molar-refractivity contribution in [1.29, 1.82) is 0 Å². The van der Waals surface area contributed by atoms with E-state index in [1.54, 1.807) is 0 Å². The molecule has 18 heavy (non-hydrogen) atoms. The third-order valence-electron chi connectivity index (χ3n) is 3.20. The summed E-state index contributed by atoms with van der Waals surface area (Å²) in [4.78, 5) is 11.9. The van der Waals surface area contributed by atoms with Crippen LogP contribution in [0.1, 0.15) is 35.2 Å². The van der Waals surface area contributed by atoms with E-state index in [0.29, 0.717) is 18.2 Å². The molecule has 1 heterocycles. The molecule has 0 bridgehead atoms. The molecule has 2 rings (SSSR count). The first-order valence-electron chi connectivity index (χ1n) is 6.33. The molecule has 0 aromatic heterocycles. The first-order chi connectivity index (χ1) is 8.66. The van der Waals surface area contributed by atoms with Gasteiger partial charge in [0.15, 0.2) is 0 Å². The highest BCUT2D eigenvalue weighted by atomic mass is 79.9. The van der Waals surface area contributed by atoms with Gasteiger partial charge in [-0.05, 0) is 49.9 Å². The molecule has 4 heteroatoms. The van der Waals surface area contributed by atoms with Gasteiger partial charge in [-0.3, -0.25) is 4.79 Å². The van der Waals surface area contributed by atoms with Crippen molar-refractivity contribution in [2.75, 3.05) is 13.2 Å². The van der Waals surface area contributed by atoms with Gasteiger partial charge < -0.3 is 10.1 Å². The average Bonchev–Trinajstić information content (AvgIpc) is 2.85. The molecule has 0 aliphatic carbocycles. The molecule has 1 aromatic rings. The van der Waals surface area contributed by atoms with Gasteiger partial charge in [0.05, 0.1) is 6.10 Å². The van der Waals surface area contributed by atoms with Crippen LogP contribution in [0.3, 0.4) is 0 Å². The number of amides is 1. The van der Waals surface area contributed by atoms with Crippen LogP contribution in [-0.2, 0) is 4.74 Å². The van der Waals surface area contributed by atoms with Crippen molar-refractivity contribution in [1.82, 2.24) is 5.32 Å². The van der Waals surface area contributed by atoms with E-state index in [4.69, 9.17) is 4.74 Å². The van der Waals surface area contributed by atoms with E-state index in [1.807, 2.05) is 25.1 Å². The number of hydrogen-bond donors (Lipinski definition) is 1. The van der Waals surface area contributed by atoms with E-state index < -0.39 is 0 Å². The maximum atomic E-state index is 11.9. The van der Waals surface area contributed by atoms with Gasteiger partial charge in [0.25, 0.3) is 5.91 Å². The third-order valence-corrected chi connectivity index (χ3v) is 4.09. The van der Waals surface area contributed by atoms with Gasteiger partial charge in [-0.1, -0.05) is 15.9 Å². The standard InChI is InChI=1S/C14H18BrNO2/c1-10-9-11(4-5-13(10)15)14(17)16-7-6-12-3-2-8-18-12/h4-5,9,12H,2-3,6-8H2,1H3,(H,16,17). The zero-order valence-electron chi connectivity index (χ0n) is 10.5. The molecule has 1 aliphatic rings. The minimum atomic E-state index is -0.0106. The van der Waals surface area contributed by atoms with Gasteiger partial charge in [0, 0.05) is 23.2 Å². The Hall–Kier alpha value is -0.870. The highest BCUT2D eigenvalue weighted by Gasteiger charge is 2.15. The van der Waals surface area contributed by atoms with Crippen LogP contribution in [-0.4, -0.2) is 25.2 Å². The molecule has 1 unspecified atom stereocenters. The maximum absolute atomic E-state index is 11.9. The van der Waals surface area contributed by atoms with Crippen molar-refractivity contribution >= 4 is 21.8 Å². The van der Waals surface area contributed by atoms with Gasteiger partial charge >= 0.3 is 0 Å². The summed E-state index contributed by atoms with van der Waals surface area (Å²) >= 11 is 3.43. The Balaban J connectivity index is 1.81. The van der Waals surface area contributed by atoms with Gasteiger partial charge in [0.2, 0.25) is 0 Å². The van der Waals surface area contributed by atoms with Crippen molar-refractivity contribution in [3.8, 4) is 0 Å². The quantitative estimate of drug-likeness (QED) is 0.928. The second-order valence-corrected chi connectivity index (χ2v) is 5.50. The van der Waals surface area contributed by atoms with Crippen LogP contribution < -0.4 is 5.32 Å². The molecule has 1 aliphatic heterocycles. The summed E-state index contributed by atoms with van der Waals surface area (Å²) < 4.78 is 6.54. The summed E-state index contributed by atoms with van der Waals surface area (Å²) in [6.45, 7) is 3.52. The number of rotatable bonds is 4. The summed E-state index contributed by atoms with van der Waals surface area (Å²) in [6, 6.07) is 5.63. The zero-order chi connectivity index (χ0) is 13.0. The normalized spacial score (nSPS) is 18.9. The molecular weight excluding hydrogens is 294 g/mol. The second-order valence-electron chi connectivity index (χ2n) is 4.64. The number of hydrogen-bond acceptors (Lipinski definition) is 2. The molecule has 0 spiro atoms. The minimum absolute atomic E-state index is 0.0106. The Labute approximate surface area is 116 Å². The fourth-order valence-electron chi connectivity index (χ4n) is 2.11. The van der Waals surface area contributed by atoms with Crippen LogP contribution in [0.5, 0.6) is 0 Å². The SMILES string of the molecule is Cc1cc(C(=O)NCCC2CCCO2)ccc1Br. The fraction of sp³-hybridized carbons (Fsp3) is 0.500. The maximum Gasteiger partial charge on any atom is 0.251 e. The summed E-state index contributed by atoms with van der Waals surface area (Å²) in [6.07, 6.45) is 3.50. The van der Waals surface area contributed by atoms with E-state index in [0.717, 1.165) is 35.9 Å². The Kier molecular flexibility index (Phi) is 4.78. The smallest absolute Gasteiger partial charge is 0.251 e. The van der Waals surface area contributed by atoms with Gasteiger partial charge in [-0.2, -0.15) is 0 Å². The van der Waals surface area contributed by atoms with E-state index >= 15 is 0 Å². The van der Waals surface area contributed by atoms with E-state index in [-0.39, 0.29) is 5.91 Å². The molecular formula is C14H18BrNO2. The monoisotopic (exact) mass is 311 g/mol. The zero-order valence-corrected chi connectivity index (χ0v) is 12.1. The van der Waals surface area contributed by atoms with Crippen LogP contribution in [0.25, 0.3) is 0 Å². The lowest BCUT2D eigenvalue weighted by Gasteiger charge is -2.10. The van der Waals surface area contributed by atoms with Crippen LogP contribution in [0.15, 0.2) is 22.7 Å². The number of halogens is 1. The number of carbonyl (C=O) groups excluding carboxylic acids is 1. The highest BCUT2D eigenvalue weighted by Crippen LogP contribution is 2.17. The van der Waals surface area contributed by atoms with Crippen molar-refractivity contribution < 1.29 is 9.53 Å². The Bertz CT molecular complexity index is 428. The van der Waals surface area contributed by atoms with Crippen LogP contribution >= 0.6 is 15.9 Å². The molecule has 1 aromatic carbocycles. The molecule has 1 N–H and O–H groups in total. The largest absolute Gasteiger partial charge is 0.378 e. The van der Waals surface area contributed by atoms with Gasteiger partial charge in [-0.15, -0.1) is 0 Å². The molecule has 1 saturated heterocycles. The van der Waals surface area contributed by atoms with Crippen LogP contribution in [0, 0.1) is 6.92 Å². The number of aryl methyl sites for hydroxylation is 1. The Morgan fingerprint density at radius 2 is 2.39 bits per heavy atom. The topological polar surface area (TPSA) is 38.3 Å². The van der Waals surface area contributed by atoms with Gasteiger partial charge in [0.1, 0.15) is 0 Å². The van der Waals surface area contributed by atoms with E-state index in [9.17, 15) is 4.79 Å². The molecule has 3 nitrogen and oxygen atoms in total. The first-order valence-corrected chi connectivity index (χ1v) is 7.12. The second kappa shape index (κ2) is 6.34. The van der Waals surface area contributed by atoms with Crippen molar-refractivity contribution in [3.05, 3.63) is 33.8 Å². The predicted molar refractivity (Wildman–Crippen MR) is 74.8 cm³/mol. The number of ether oxygens (including phenoxy) is 1. The molecule has 1 amide bonds. The fourth-order valence-corrected chi connectivity index (χ4v) is 2.35. The Morgan fingerprint density at radius 1 is 1.56 bits per heavy atom. The van der Waals surface area contributed by atoms with Crippen molar-refractivity contribution in [2.45, 2.75) is 32.3 Å². The Morgan fingerprint density at radius 3 is 3.06 bits per heavy atom. The number of benzene rings is 1. The predicted octanol–water partition coefficient (Wildman–Crippen LogP) is 3.06. The van der Waals surface area contributed by atoms with Crippen molar-refractivity contribution in [2.24, 2.45) is 0 Å². The lowest BCUT2D eigenvalue weighted by Crippen LogP contribution is -2.27. The number of nitrogens with one attached hydrogen (secondary N) is 1. The number of carbonyl (C=O) groups is 1. The van der Waals surface area contributed by atoms with Crippen LogP contribution in [0.4, 0.5) is 0 Å². The average molecular weight is 312 g/mol. The first kappa shape index (κ1) is 13.6. The van der Waals surface area contributed by atoms with E-state index in [1.165, 1.54) is 0 Å². The molecule has 0 saturated carbocycles. The molecule has 1 fully saturated rings. The van der Waals surface area contributed by atoms with Gasteiger partial charge in [-0.25, -0.2) is 0 Å². The third kappa shape index (κ3) is 3.56. The minimum Gasteiger partial charge on any atom is -0.378 e. The molecule has 0 radical (unpaired) electrons. The highest BCUT2D eigenvalue weighted by molar-refractivity contribution is 9.10. The molecule has 98 valence electrons. The lowest BCUT2D eigenvalue weighted by molar-refractivity contribution is 0.0907. The summed E-state index contributed by atoms with van der Waals surface area (Å²) in [5.74, 6) is -0.0106. The summed E-state index contributed by atoms with van der Waals surface area (Å²) in [5.41, 5.74) is 1.78. The van der Waals surface area contributed by atoms with Crippen LogP contribution in [0.2, 0.25) is 0 Å². The van der Waals surface area contributed by atoms with Crippen molar-refractivity contribution in [3.63, 3.8) is 0 Å². The van der Waals surface area contributed by atoms with E-state index in [2.05, 4.69) is 21.2 Å².